The minimum atomic E-state index is -0.0606. The Labute approximate surface area is 119 Å². The molecule has 0 atom stereocenters. The Morgan fingerprint density at radius 2 is 2.11 bits per heavy atom. The van der Waals surface area contributed by atoms with Crippen molar-refractivity contribution in [3.8, 4) is 0 Å². The van der Waals surface area contributed by atoms with Crippen molar-refractivity contribution in [1.82, 2.24) is 10.2 Å². The highest BCUT2D eigenvalue weighted by molar-refractivity contribution is 7.80. The number of hydrogen-bond donors (Lipinski definition) is 1. The van der Waals surface area contributed by atoms with Crippen LogP contribution in [0.5, 0.6) is 0 Å². The fourth-order valence-electron chi connectivity index (χ4n) is 3.13. The van der Waals surface area contributed by atoms with E-state index in [1.165, 1.54) is 11.1 Å². The molecular formula is C15H20N2OS. The lowest BCUT2D eigenvalue weighted by atomic mass is 9.84. The van der Waals surface area contributed by atoms with Crippen LogP contribution in [0.25, 0.3) is 0 Å². The molecule has 1 aromatic rings. The highest BCUT2D eigenvalue weighted by atomic mass is 32.1. The van der Waals surface area contributed by atoms with Gasteiger partial charge in [-0.15, -0.1) is 0 Å². The van der Waals surface area contributed by atoms with Crippen molar-refractivity contribution >= 4 is 17.3 Å². The molecule has 0 aliphatic carbocycles. The SMILES string of the molecule is CCNC(=S)N1CCC2(CC1)OCc1ccccc12. The van der Waals surface area contributed by atoms with Gasteiger partial charge in [0.1, 0.15) is 0 Å². The lowest BCUT2D eigenvalue weighted by Gasteiger charge is -2.40. The molecule has 2 heterocycles. The number of hydrogen-bond acceptors (Lipinski definition) is 2. The van der Waals surface area contributed by atoms with Gasteiger partial charge in [0.05, 0.1) is 12.2 Å². The van der Waals surface area contributed by atoms with E-state index in [-0.39, 0.29) is 5.60 Å². The first-order valence-electron chi connectivity index (χ1n) is 7.00. The summed E-state index contributed by atoms with van der Waals surface area (Å²) in [6, 6.07) is 8.61. The summed E-state index contributed by atoms with van der Waals surface area (Å²) in [5, 5.41) is 4.11. The van der Waals surface area contributed by atoms with Crippen molar-refractivity contribution < 1.29 is 4.74 Å². The van der Waals surface area contributed by atoms with E-state index in [4.69, 9.17) is 17.0 Å². The summed E-state index contributed by atoms with van der Waals surface area (Å²) in [6.45, 7) is 5.67. The second kappa shape index (κ2) is 5.10. The van der Waals surface area contributed by atoms with Gasteiger partial charge in [-0.05, 0) is 43.1 Å². The predicted molar refractivity (Wildman–Crippen MR) is 80.0 cm³/mol. The topological polar surface area (TPSA) is 24.5 Å². The maximum Gasteiger partial charge on any atom is 0.168 e. The third kappa shape index (κ3) is 2.23. The molecule has 0 radical (unpaired) electrons. The van der Waals surface area contributed by atoms with Crippen LogP contribution < -0.4 is 5.32 Å². The van der Waals surface area contributed by atoms with Crippen molar-refractivity contribution in [2.45, 2.75) is 32.0 Å². The zero-order chi connectivity index (χ0) is 13.3. The molecule has 3 rings (SSSR count). The number of ether oxygens (including phenoxy) is 1. The molecule has 1 fully saturated rings. The number of fused-ring (bicyclic) bond motifs is 2. The zero-order valence-electron chi connectivity index (χ0n) is 11.3. The van der Waals surface area contributed by atoms with Crippen LogP contribution in [0.1, 0.15) is 30.9 Å². The molecule has 3 nitrogen and oxygen atoms in total. The monoisotopic (exact) mass is 276 g/mol. The number of rotatable bonds is 1. The molecule has 1 spiro atoms. The Balaban J connectivity index is 1.72. The zero-order valence-corrected chi connectivity index (χ0v) is 12.1. The Bertz CT molecular complexity index is 481. The van der Waals surface area contributed by atoms with Crippen LogP contribution >= 0.6 is 12.2 Å². The van der Waals surface area contributed by atoms with Gasteiger partial charge >= 0.3 is 0 Å². The molecule has 0 amide bonds. The quantitative estimate of drug-likeness (QED) is 0.796. The second-order valence-electron chi connectivity index (χ2n) is 5.26. The molecule has 2 aliphatic heterocycles. The molecule has 19 heavy (non-hydrogen) atoms. The van der Waals surface area contributed by atoms with Gasteiger partial charge in [0, 0.05) is 19.6 Å². The number of benzene rings is 1. The Hall–Kier alpha value is -1.13. The summed E-state index contributed by atoms with van der Waals surface area (Å²) >= 11 is 5.39. The van der Waals surface area contributed by atoms with E-state index in [9.17, 15) is 0 Å². The van der Waals surface area contributed by atoms with Crippen molar-refractivity contribution in [2.24, 2.45) is 0 Å². The van der Waals surface area contributed by atoms with Crippen LogP contribution in [0.2, 0.25) is 0 Å². The molecular weight excluding hydrogens is 256 g/mol. The van der Waals surface area contributed by atoms with Gasteiger partial charge in [-0.25, -0.2) is 0 Å². The lowest BCUT2D eigenvalue weighted by molar-refractivity contribution is -0.0705. The molecule has 0 unspecified atom stereocenters. The summed E-state index contributed by atoms with van der Waals surface area (Å²) in [5.41, 5.74) is 2.68. The normalized spacial score (nSPS) is 20.4. The van der Waals surface area contributed by atoms with Crippen LogP contribution in [0.4, 0.5) is 0 Å². The minimum Gasteiger partial charge on any atom is -0.365 e. The maximum atomic E-state index is 6.15. The average Bonchev–Trinajstić information content (AvgIpc) is 2.80. The Morgan fingerprint density at radius 3 is 2.84 bits per heavy atom. The van der Waals surface area contributed by atoms with Crippen molar-refractivity contribution in [1.29, 1.82) is 0 Å². The van der Waals surface area contributed by atoms with Gasteiger partial charge in [-0.2, -0.15) is 0 Å². The summed E-state index contributed by atoms with van der Waals surface area (Å²) in [7, 11) is 0. The standard InChI is InChI=1S/C15H20N2OS/c1-2-16-14(19)17-9-7-15(8-10-17)13-6-4-3-5-12(13)11-18-15/h3-6H,2,7-11H2,1H3,(H,16,19). The van der Waals surface area contributed by atoms with Crippen LogP contribution in [0, 0.1) is 0 Å². The third-order valence-electron chi connectivity index (χ3n) is 4.20. The molecule has 1 saturated heterocycles. The van der Waals surface area contributed by atoms with E-state index in [0.717, 1.165) is 44.2 Å². The fourth-order valence-corrected chi connectivity index (χ4v) is 3.46. The number of thiocarbonyl (C=S) groups is 1. The van der Waals surface area contributed by atoms with Crippen LogP contribution in [0.3, 0.4) is 0 Å². The predicted octanol–water partition coefficient (Wildman–Crippen LogP) is 2.40. The van der Waals surface area contributed by atoms with Gasteiger partial charge in [0.15, 0.2) is 5.11 Å². The van der Waals surface area contributed by atoms with Gasteiger partial charge < -0.3 is 15.0 Å². The first kappa shape index (κ1) is 12.9. The Kier molecular flexibility index (Phi) is 3.46. The Morgan fingerprint density at radius 1 is 1.37 bits per heavy atom. The van der Waals surface area contributed by atoms with Gasteiger partial charge in [-0.3, -0.25) is 0 Å². The molecule has 1 N–H and O–H groups in total. The van der Waals surface area contributed by atoms with E-state index in [1.54, 1.807) is 0 Å². The minimum absolute atomic E-state index is 0.0606. The first-order valence-corrected chi connectivity index (χ1v) is 7.41. The first-order chi connectivity index (χ1) is 9.25. The molecule has 2 aliphatic rings. The molecule has 1 aromatic carbocycles. The molecule has 0 aromatic heterocycles. The average molecular weight is 276 g/mol. The molecule has 0 bridgehead atoms. The second-order valence-corrected chi connectivity index (χ2v) is 5.65. The highest BCUT2D eigenvalue weighted by Gasteiger charge is 2.42. The third-order valence-corrected chi connectivity index (χ3v) is 4.60. The van der Waals surface area contributed by atoms with E-state index in [1.807, 2.05) is 0 Å². The van der Waals surface area contributed by atoms with E-state index in [2.05, 4.69) is 41.4 Å². The van der Waals surface area contributed by atoms with E-state index >= 15 is 0 Å². The summed E-state index contributed by atoms with van der Waals surface area (Å²) in [5.74, 6) is 0. The van der Waals surface area contributed by atoms with Gasteiger partial charge in [0.25, 0.3) is 0 Å². The largest absolute Gasteiger partial charge is 0.365 e. The molecule has 0 saturated carbocycles. The number of nitrogens with one attached hydrogen (secondary N) is 1. The summed E-state index contributed by atoms with van der Waals surface area (Å²) < 4.78 is 6.15. The van der Waals surface area contributed by atoms with Crippen molar-refractivity contribution in [3.63, 3.8) is 0 Å². The maximum absolute atomic E-state index is 6.15. The summed E-state index contributed by atoms with van der Waals surface area (Å²) in [4.78, 5) is 2.26. The number of piperidine rings is 1. The van der Waals surface area contributed by atoms with Gasteiger partial charge in [-0.1, -0.05) is 24.3 Å². The smallest absolute Gasteiger partial charge is 0.168 e. The highest BCUT2D eigenvalue weighted by Crippen LogP contribution is 2.43. The van der Waals surface area contributed by atoms with E-state index < -0.39 is 0 Å². The van der Waals surface area contributed by atoms with E-state index in [0.29, 0.717) is 0 Å². The van der Waals surface area contributed by atoms with Crippen LogP contribution in [-0.2, 0) is 16.9 Å². The van der Waals surface area contributed by atoms with Crippen LogP contribution in [-0.4, -0.2) is 29.6 Å². The van der Waals surface area contributed by atoms with Crippen molar-refractivity contribution in [2.75, 3.05) is 19.6 Å². The number of nitrogens with zero attached hydrogens (tertiary/aromatic N) is 1. The molecule has 102 valence electrons. The molecule has 4 heteroatoms. The summed E-state index contributed by atoms with van der Waals surface area (Å²) in [6.07, 6.45) is 2.05. The fraction of sp³-hybridized carbons (Fsp3) is 0.533. The van der Waals surface area contributed by atoms with Crippen molar-refractivity contribution in [3.05, 3.63) is 35.4 Å². The van der Waals surface area contributed by atoms with Gasteiger partial charge in [0.2, 0.25) is 0 Å². The van der Waals surface area contributed by atoms with Crippen LogP contribution in [0.15, 0.2) is 24.3 Å². The number of likely N-dealkylation sites (tertiary alicyclic amines) is 1. The lowest BCUT2D eigenvalue weighted by Crippen LogP contribution is -2.48.